The van der Waals surface area contributed by atoms with E-state index in [1.54, 1.807) is 0 Å². The highest BCUT2D eigenvalue weighted by atomic mass is 15.1. The lowest BCUT2D eigenvalue weighted by Crippen LogP contribution is -2.10. The van der Waals surface area contributed by atoms with Crippen molar-refractivity contribution >= 4 is 44.9 Å². The molecule has 0 aliphatic rings. The largest absolute Gasteiger partial charge is 0.310 e. The number of rotatable bonds is 14. The Morgan fingerprint density at radius 3 is 1.12 bits per heavy atom. The summed E-state index contributed by atoms with van der Waals surface area (Å²) in [7, 11) is 0. The predicted octanol–water partition coefficient (Wildman–Crippen LogP) is 13.1. The molecular weight excluding hydrogens is 581 g/mol. The lowest BCUT2D eigenvalue weighted by molar-refractivity contribution is 1.00. The van der Waals surface area contributed by atoms with Gasteiger partial charge < -0.3 is 9.80 Å². The molecule has 0 aromatic heterocycles. The first-order valence-electron chi connectivity index (χ1n) is 16.7. The normalized spacial score (nSPS) is 11.2. The van der Waals surface area contributed by atoms with Gasteiger partial charge in [0.25, 0.3) is 0 Å². The average molecular weight is 623 g/mol. The number of fused-ring (bicyclic) bond motifs is 1. The molecule has 0 amide bonds. The second kappa shape index (κ2) is 16.1. The Bertz CT molecular complexity index is 1840. The van der Waals surface area contributed by atoms with Gasteiger partial charge in [0.05, 0.1) is 0 Å². The summed E-state index contributed by atoms with van der Waals surface area (Å²) in [6.07, 6.45) is 16.0. The minimum absolute atomic E-state index is 1.00. The molecule has 6 aromatic rings. The van der Waals surface area contributed by atoms with Gasteiger partial charge in [-0.15, -0.1) is 0 Å². The summed E-state index contributed by atoms with van der Waals surface area (Å²) in [4.78, 5) is 4.67. The number of allylic oxidation sites excluding steroid dienone is 6. The first-order chi connectivity index (χ1) is 23.7. The van der Waals surface area contributed by atoms with Crippen LogP contribution in [0.2, 0.25) is 0 Å². The highest BCUT2D eigenvalue weighted by Gasteiger charge is 2.16. The number of anilines is 6. The fourth-order valence-electron chi connectivity index (χ4n) is 6.06. The second-order valence-corrected chi connectivity index (χ2v) is 11.8. The molecule has 0 atom stereocenters. The van der Waals surface area contributed by atoms with E-state index in [9.17, 15) is 0 Å². The number of hydrogen-bond acceptors (Lipinski definition) is 2. The van der Waals surface area contributed by atoms with Crippen molar-refractivity contribution in [3.05, 3.63) is 206 Å². The van der Waals surface area contributed by atoms with Crippen molar-refractivity contribution in [3.8, 4) is 0 Å². The van der Waals surface area contributed by atoms with Crippen LogP contribution in [-0.4, -0.2) is 0 Å². The van der Waals surface area contributed by atoms with Crippen molar-refractivity contribution in [2.45, 2.75) is 25.7 Å². The molecule has 0 fully saturated rings. The molecule has 0 unspecified atom stereocenters. The van der Waals surface area contributed by atoms with Crippen molar-refractivity contribution in [3.63, 3.8) is 0 Å². The lowest BCUT2D eigenvalue weighted by Gasteiger charge is -2.27. The van der Waals surface area contributed by atoms with Crippen molar-refractivity contribution in [2.24, 2.45) is 0 Å². The fraction of sp³-hybridized carbons (Fsp3) is 0.0870. The van der Waals surface area contributed by atoms with E-state index in [0.29, 0.717) is 0 Å². The molecular formula is C46H42N2. The van der Waals surface area contributed by atoms with E-state index < -0.39 is 0 Å². The molecule has 0 heterocycles. The number of para-hydroxylation sites is 2. The summed E-state index contributed by atoms with van der Waals surface area (Å²) in [5.74, 6) is 0. The van der Waals surface area contributed by atoms with Crippen LogP contribution in [0.5, 0.6) is 0 Å². The topological polar surface area (TPSA) is 6.48 Å². The summed E-state index contributed by atoms with van der Waals surface area (Å²) < 4.78 is 0. The van der Waals surface area contributed by atoms with Crippen LogP contribution in [-0.2, 0) is 12.8 Å². The SMILES string of the molecule is C=C/C=C/CCc1ccc(N(c2ccccc2)c2ccc3cc(N(c4ccccc4)c4ccc(CC/C=C/C=C)cc4)ccc3c2)cc1. The Morgan fingerprint density at radius 1 is 0.396 bits per heavy atom. The molecule has 6 rings (SSSR count). The van der Waals surface area contributed by atoms with E-state index in [4.69, 9.17) is 0 Å². The van der Waals surface area contributed by atoms with Gasteiger partial charge in [-0.25, -0.2) is 0 Å². The summed E-state index contributed by atoms with van der Waals surface area (Å²) >= 11 is 0. The minimum Gasteiger partial charge on any atom is -0.310 e. The van der Waals surface area contributed by atoms with Crippen LogP contribution in [0.1, 0.15) is 24.0 Å². The van der Waals surface area contributed by atoms with Gasteiger partial charge in [0, 0.05) is 34.1 Å². The maximum absolute atomic E-state index is 3.77. The highest BCUT2D eigenvalue weighted by molar-refractivity contribution is 5.93. The smallest absolute Gasteiger partial charge is 0.0468 e. The molecule has 0 saturated heterocycles. The molecule has 0 radical (unpaired) electrons. The Balaban J connectivity index is 1.32. The van der Waals surface area contributed by atoms with Crippen LogP contribution in [0.25, 0.3) is 10.8 Å². The van der Waals surface area contributed by atoms with Gasteiger partial charge in [-0.3, -0.25) is 0 Å². The number of hydrogen-bond donors (Lipinski definition) is 0. The molecule has 236 valence electrons. The molecule has 0 aliphatic carbocycles. The van der Waals surface area contributed by atoms with E-state index in [2.05, 4.69) is 181 Å². The predicted molar refractivity (Wildman–Crippen MR) is 209 cm³/mol. The van der Waals surface area contributed by atoms with E-state index in [0.717, 1.165) is 59.8 Å². The number of benzene rings is 6. The lowest BCUT2D eigenvalue weighted by atomic mass is 10.0. The maximum atomic E-state index is 3.77. The molecule has 6 aromatic carbocycles. The van der Waals surface area contributed by atoms with Gasteiger partial charge in [-0.05, 0) is 120 Å². The van der Waals surface area contributed by atoms with Crippen LogP contribution >= 0.6 is 0 Å². The van der Waals surface area contributed by atoms with E-state index >= 15 is 0 Å². The third-order valence-corrected chi connectivity index (χ3v) is 8.49. The fourth-order valence-corrected chi connectivity index (χ4v) is 6.06. The summed E-state index contributed by atoms with van der Waals surface area (Å²) in [5, 5.41) is 2.39. The highest BCUT2D eigenvalue weighted by Crippen LogP contribution is 2.39. The first-order valence-corrected chi connectivity index (χ1v) is 16.7. The molecule has 0 bridgehead atoms. The molecule has 0 spiro atoms. The van der Waals surface area contributed by atoms with Gasteiger partial charge in [-0.2, -0.15) is 0 Å². The Morgan fingerprint density at radius 2 is 0.750 bits per heavy atom. The van der Waals surface area contributed by atoms with Crippen molar-refractivity contribution in [1.29, 1.82) is 0 Å². The molecule has 0 saturated carbocycles. The molecule has 2 heteroatoms. The average Bonchev–Trinajstić information content (AvgIpc) is 3.14. The molecule has 2 nitrogen and oxygen atoms in total. The zero-order chi connectivity index (χ0) is 33.0. The summed E-state index contributed by atoms with van der Waals surface area (Å²) in [5.41, 5.74) is 9.43. The van der Waals surface area contributed by atoms with Gasteiger partial charge in [-0.1, -0.05) is 122 Å². The van der Waals surface area contributed by atoms with Crippen molar-refractivity contribution < 1.29 is 0 Å². The van der Waals surface area contributed by atoms with E-state index in [1.807, 2.05) is 24.3 Å². The standard InChI is InChI=1S/C46H42N2/c1-3-5-7-11-17-37-23-29-43(30-24-37)47(41-19-13-9-14-20-41)45-33-27-40-36-46(34-28-39(40)35-45)48(42-21-15-10-16-22-42)44-31-25-38(26-32-44)18-12-8-6-4-2/h3-10,13-16,19-36H,1-2,11-12,17-18H2/b7-5+,8-6+. The van der Waals surface area contributed by atoms with Gasteiger partial charge >= 0.3 is 0 Å². The van der Waals surface area contributed by atoms with Gasteiger partial charge in [0.15, 0.2) is 0 Å². The molecule has 0 N–H and O–H groups in total. The third kappa shape index (κ3) is 7.92. The monoisotopic (exact) mass is 622 g/mol. The van der Waals surface area contributed by atoms with Gasteiger partial charge in [0.1, 0.15) is 0 Å². The molecule has 0 aliphatic heterocycles. The minimum atomic E-state index is 1.00. The van der Waals surface area contributed by atoms with E-state index in [1.165, 1.54) is 21.9 Å². The van der Waals surface area contributed by atoms with Gasteiger partial charge in [0.2, 0.25) is 0 Å². The first kappa shape index (κ1) is 32.1. The molecule has 48 heavy (non-hydrogen) atoms. The summed E-state index contributed by atoms with van der Waals surface area (Å²) in [6, 6.07) is 52.6. The van der Waals surface area contributed by atoms with Crippen molar-refractivity contribution in [2.75, 3.05) is 9.80 Å². The summed E-state index contributed by atoms with van der Waals surface area (Å²) in [6.45, 7) is 7.53. The maximum Gasteiger partial charge on any atom is 0.0468 e. The van der Waals surface area contributed by atoms with Crippen LogP contribution in [0.4, 0.5) is 34.1 Å². The Kier molecular flexibility index (Phi) is 10.8. The Hall–Kier alpha value is -5.86. The van der Waals surface area contributed by atoms with Crippen LogP contribution < -0.4 is 9.80 Å². The third-order valence-electron chi connectivity index (χ3n) is 8.49. The zero-order valence-electron chi connectivity index (χ0n) is 27.5. The quantitative estimate of drug-likeness (QED) is 0.112. The Labute approximate surface area is 285 Å². The van der Waals surface area contributed by atoms with Crippen molar-refractivity contribution in [1.82, 2.24) is 0 Å². The van der Waals surface area contributed by atoms with Crippen LogP contribution in [0.15, 0.2) is 195 Å². The van der Waals surface area contributed by atoms with Crippen LogP contribution in [0.3, 0.4) is 0 Å². The zero-order valence-corrected chi connectivity index (χ0v) is 27.5. The van der Waals surface area contributed by atoms with E-state index in [-0.39, 0.29) is 0 Å². The second-order valence-electron chi connectivity index (χ2n) is 11.8. The number of aryl methyl sites for hydroxylation is 2. The number of nitrogens with zero attached hydrogens (tertiary/aromatic N) is 2. The van der Waals surface area contributed by atoms with Crippen LogP contribution in [0, 0.1) is 0 Å².